The molecular formula is C27H26N4O5S2. The minimum Gasteiger partial charge on any atom is -0.497 e. The second kappa shape index (κ2) is 10.5. The quantitative estimate of drug-likeness (QED) is 0.436. The van der Waals surface area contributed by atoms with Crippen molar-refractivity contribution >= 4 is 62.7 Å². The van der Waals surface area contributed by atoms with E-state index in [9.17, 15) is 14.4 Å². The number of esters is 1. The lowest BCUT2D eigenvalue weighted by molar-refractivity contribution is -0.141. The number of methoxy groups -OCH3 is 1. The molecule has 38 heavy (non-hydrogen) atoms. The van der Waals surface area contributed by atoms with Crippen LogP contribution in [0.4, 0.5) is 11.4 Å². The molecule has 2 aliphatic rings. The van der Waals surface area contributed by atoms with Gasteiger partial charge in [0.15, 0.2) is 0 Å². The van der Waals surface area contributed by atoms with E-state index in [4.69, 9.17) is 9.47 Å². The summed E-state index contributed by atoms with van der Waals surface area (Å²) in [6.45, 7) is 4.14. The van der Waals surface area contributed by atoms with Gasteiger partial charge in [-0.1, -0.05) is 30.0 Å². The molecule has 1 amide bonds. The molecule has 1 aromatic heterocycles. The van der Waals surface area contributed by atoms with Crippen LogP contribution in [0, 0.1) is 0 Å². The van der Waals surface area contributed by atoms with E-state index in [2.05, 4.69) is 5.10 Å². The lowest BCUT2D eigenvalue weighted by atomic mass is 10.1. The molecule has 2 aromatic carbocycles. The molecular weight excluding hydrogens is 524 g/mol. The van der Waals surface area contributed by atoms with Crippen LogP contribution in [-0.2, 0) is 20.9 Å². The molecule has 9 nitrogen and oxygen atoms in total. The second-order valence-corrected chi connectivity index (χ2v) is 10.5. The summed E-state index contributed by atoms with van der Waals surface area (Å²) in [6.07, 6.45) is -0.181. The Hall–Kier alpha value is -3.83. The summed E-state index contributed by atoms with van der Waals surface area (Å²) in [5.74, 6) is -0.155. The van der Waals surface area contributed by atoms with Crippen LogP contribution in [0.1, 0.15) is 20.3 Å². The van der Waals surface area contributed by atoms with E-state index < -0.39 is 11.9 Å². The van der Waals surface area contributed by atoms with Crippen LogP contribution in [-0.4, -0.2) is 42.9 Å². The average molecular weight is 551 g/mol. The van der Waals surface area contributed by atoms with E-state index in [1.165, 1.54) is 28.1 Å². The third-order valence-electron chi connectivity index (χ3n) is 6.18. The molecule has 0 bridgehead atoms. The summed E-state index contributed by atoms with van der Waals surface area (Å²) < 4.78 is 13.1. The molecule has 0 saturated heterocycles. The van der Waals surface area contributed by atoms with Crippen molar-refractivity contribution in [3.05, 3.63) is 68.1 Å². The largest absolute Gasteiger partial charge is 0.497 e. The van der Waals surface area contributed by atoms with Crippen LogP contribution < -0.4 is 29.4 Å². The van der Waals surface area contributed by atoms with E-state index in [1.807, 2.05) is 55.3 Å². The van der Waals surface area contributed by atoms with E-state index in [0.29, 0.717) is 21.4 Å². The number of thiazole rings is 1. The van der Waals surface area contributed by atoms with Gasteiger partial charge >= 0.3 is 5.97 Å². The molecule has 0 unspecified atom stereocenters. The van der Waals surface area contributed by atoms with Gasteiger partial charge in [0.1, 0.15) is 20.0 Å². The monoisotopic (exact) mass is 550 g/mol. The zero-order valence-electron chi connectivity index (χ0n) is 21.4. The summed E-state index contributed by atoms with van der Waals surface area (Å²) in [5, 5.41) is 6.56. The summed E-state index contributed by atoms with van der Waals surface area (Å²) in [7, 11) is 3.52. The number of hydrogen-bond acceptors (Lipinski definition) is 9. The fourth-order valence-electron chi connectivity index (χ4n) is 4.35. The van der Waals surface area contributed by atoms with Gasteiger partial charge in [-0.25, -0.2) is 0 Å². The van der Waals surface area contributed by atoms with Gasteiger partial charge in [0.2, 0.25) is 0 Å². The normalized spacial score (nSPS) is 17.6. The van der Waals surface area contributed by atoms with E-state index >= 15 is 0 Å². The van der Waals surface area contributed by atoms with Crippen molar-refractivity contribution in [1.29, 1.82) is 0 Å². The first-order valence-electron chi connectivity index (χ1n) is 12.1. The van der Waals surface area contributed by atoms with Crippen molar-refractivity contribution in [2.24, 2.45) is 5.10 Å². The van der Waals surface area contributed by atoms with Crippen molar-refractivity contribution in [1.82, 2.24) is 4.57 Å². The molecule has 0 spiro atoms. The number of benzene rings is 2. The van der Waals surface area contributed by atoms with Crippen LogP contribution in [0.15, 0.2) is 63.3 Å². The highest BCUT2D eigenvalue weighted by molar-refractivity contribution is 8.08. The van der Waals surface area contributed by atoms with E-state index in [-0.39, 0.29) is 29.9 Å². The first-order chi connectivity index (χ1) is 18.4. The van der Waals surface area contributed by atoms with Crippen molar-refractivity contribution in [2.75, 3.05) is 30.7 Å². The maximum Gasteiger partial charge on any atom is 0.311 e. The molecule has 3 heterocycles. The number of carbonyl (C=O) groups excluding carboxylic acids is 2. The average Bonchev–Trinajstić information content (AvgIpc) is 3.54. The molecule has 196 valence electrons. The Balaban J connectivity index is 1.72. The summed E-state index contributed by atoms with van der Waals surface area (Å²) in [6, 6.07) is 14.8. The van der Waals surface area contributed by atoms with Gasteiger partial charge < -0.3 is 14.4 Å². The Labute approximate surface area is 227 Å². The number of hydrogen-bond donors (Lipinski definition) is 0. The SMILES string of the molecule is CCOC(=O)CC1=NN(c2ccccc2)C(=O)C1=c1s/c(=C2\Sc3ccc(OC)cc3N2C)c(=O)n1CC. The van der Waals surface area contributed by atoms with Crippen LogP contribution in [0.25, 0.3) is 10.6 Å². The van der Waals surface area contributed by atoms with Crippen molar-refractivity contribution in [3.63, 3.8) is 0 Å². The number of aromatic nitrogens is 1. The van der Waals surface area contributed by atoms with Gasteiger partial charge in [-0.2, -0.15) is 10.1 Å². The predicted octanol–water partition coefficient (Wildman–Crippen LogP) is 2.75. The number of ether oxygens (including phenoxy) is 2. The standard InChI is InChI=1S/C27H26N4O5S2/c1-5-30-25(34)23(27-29(3)19-14-17(35-4)12-13-20(19)37-27)38-26(30)22-18(15-21(32)36-6-2)28-31(24(22)33)16-10-8-7-9-11-16/h7-14H,5-6,15H2,1-4H3/b26-22?,27-23-. The Kier molecular flexibility index (Phi) is 7.13. The van der Waals surface area contributed by atoms with Gasteiger partial charge in [0, 0.05) is 24.6 Å². The number of para-hydroxylation sites is 1. The second-order valence-electron chi connectivity index (χ2n) is 8.44. The molecule has 0 radical (unpaired) electrons. The molecule has 0 saturated carbocycles. The van der Waals surface area contributed by atoms with Crippen LogP contribution in [0.2, 0.25) is 0 Å². The summed E-state index contributed by atoms with van der Waals surface area (Å²) in [5.41, 5.74) is 1.82. The molecule has 11 heteroatoms. The minimum atomic E-state index is -0.488. The first kappa shape index (κ1) is 25.8. The van der Waals surface area contributed by atoms with Crippen molar-refractivity contribution < 1.29 is 19.1 Å². The Morgan fingerprint density at radius 3 is 2.53 bits per heavy atom. The van der Waals surface area contributed by atoms with Crippen LogP contribution >= 0.6 is 23.1 Å². The zero-order valence-corrected chi connectivity index (χ0v) is 23.0. The number of amides is 1. The lowest BCUT2D eigenvalue weighted by Gasteiger charge is -2.13. The number of rotatable bonds is 6. The third-order valence-corrected chi connectivity index (χ3v) is 8.74. The molecule has 0 atom stereocenters. The summed E-state index contributed by atoms with van der Waals surface area (Å²) in [4.78, 5) is 42.9. The number of fused-ring (bicyclic) bond motifs is 1. The Morgan fingerprint density at radius 1 is 1.08 bits per heavy atom. The number of anilines is 2. The smallest absolute Gasteiger partial charge is 0.311 e. The molecule has 0 fully saturated rings. The molecule has 5 rings (SSSR count). The maximum absolute atomic E-state index is 13.8. The fourth-order valence-corrected chi connectivity index (χ4v) is 6.90. The molecule has 2 aliphatic heterocycles. The fraction of sp³-hybridized carbons (Fsp3) is 0.259. The van der Waals surface area contributed by atoms with E-state index in [0.717, 1.165) is 21.4 Å². The molecule has 0 N–H and O–H groups in total. The minimum absolute atomic E-state index is 0.181. The van der Waals surface area contributed by atoms with Gasteiger partial charge in [-0.3, -0.25) is 19.0 Å². The Morgan fingerprint density at radius 2 is 1.84 bits per heavy atom. The highest BCUT2D eigenvalue weighted by Crippen LogP contribution is 2.46. The van der Waals surface area contributed by atoms with Gasteiger partial charge in [-0.05, 0) is 38.1 Å². The van der Waals surface area contributed by atoms with Gasteiger partial charge in [-0.15, -0.1) is 11.3 Å². The number of nitrogens with zero attached hydrogens (tertiary/aromatic N) is 4. The van der Waals surface area contributed by atoms with Crippen molar-refractivity contribution in [3.8, 4) is 5.75 Å². The van der Waals surface area contributed by atoms with Crippen molar-refractivity contribution in [2.45, 2.75) is 31.7 Å². The number of thioether (sulfide) groups is 1. The zero-order chi connectivity index (χ0) is 27.0. The number of hydrazone groups is 1. The topological polar surface area (TPSA) is 93.4 Å². The molecule has 0 aliphatic carbocycles. The first-order valence-corrected chi connectivity index (χ1v) is 13.7. The van der Waals surface area contributed by atoms with Crippen LogP contribution in [0.5, 0.6) is 5.75 Å². The van der Waals surface area contributed by atoms with Gasteiger partial charge in [0.25, 0.3) is 11.5 Å². The van der Waals surface area contributed by atoms with E-state index in [1.54, 1.807) is 30.7 Å². The number of carbonyl (C=O) groups is 2. The highest BCUT2D eigenvalue weighted by atomic mass is 32.2. The van der Waals surface area contributed by atoms with Crippen LogP contribution in [0.3, 0.4) is 0 Å². The molecule has 3 aromatic rings. The highest BCUT2D eigenvalue weighted by Gasteiger charge is 2.35. The van der Waals surface area contributed by atoms with Gasteiger partial charge in [0.05, 0.1) is 42.8 Å². The summed E-state index contributed by atoms with van der Waals surface area (Å²) >= 11 is 2.73. The lowest BCUT2D eigenvalue weighted by Crippen LogP contribution is -2.35. The Bertz CT molecular complexity index is 1640. The third kappa shape index (κ3) is 4.41. The maximum atomic E-state index is 13.8. The predicted molar refractivity (Wildman–Crippen MR) is 150 cm³/mol.